The molecule has 5 heteroatoms. The summed E-state index contributed by atoms with van der Waals surface area (Å²) in [7, 11) is 0. The third-order valence-electron chi connectivity index (χ3n) is 3.57. The number of hydrogen-bond acceptors (Lipinski definition) is 2. The van der Waals surface area contributed by atoms with Gasteiger partial charge in [0.05, 0.1) is 0 Å². The van der Waals surface area contributed by atoms with Gasteiger partial charge in [-0.2, -0.15) is 0 Å². The van der Waals surface area contributed by atoms with Gasteiger partial charge in [0.25, 0.3) is 0 Å². The van der Waals surface area contributed by atoms with Crippen molar-refractivity contribution < 1.29 is 14.7 Å². The molecule has 0 aromatic heterocycles. The van der Waals surface area contributed by atoms with E-state index in [1.54, 1.807) is 0 Å². The van der Waals surface area contributed by atoms with Crippen LogP contribution in [0, 0.1) is 11.8 Å². The van der Waals surface area contributed by atoms with E-state index in [9.17, 15) is 9.59 Å². The summed E-state index contributed by atoms with van der Waals surface area (Å²) < 4.78 is 0. The number of carbonyl (C=O) groups excluding carboxylic acids is 1. The lowest BCUT2D eigenvalue weighted by Gasteiger charge is -2.39. The van der Waals surface area contributed by atoms with Gasteiger partial charge in [0.1, 0.15) is 6.54 Å². The fourth-order valence-electron chi connectivity index (χ4n) is 2.69. The third kappa shape index (κ3) is 4.73. The molecule has 2 atom stereocenters. The monoisotopic (exact) mass is 270 g/mol. The van der Waals surface area contributed by atoms with Crippen molar-refractivity contribution in [1.82, 2.24) is 9.80 Å². The summed E-state index contributed by atoms with van der Waals surface area (Å²) >= 11 is 0. The van der Waals surface area contributed by atoms with Gasteiger partial charge in [0, 0.05) is 19.1 Å². The molecule has 110 valence electrons. The molecule has 1 heterocycles. The van der Waals surface area contributed by atoms with Crippen LogP contribution in [0.3, 0.4) is 0 Å². The average Bonchev–Trinajstić information content (AvgIpc) is 2.26. The minimum absolute atomic E-state index is 0.129. The molecule has 19 heavy (non-hydrogen) atoms. The maximum absolute atomic E-state index is 12.5. The molecule has 0 aromatic rings. The number of carboxylic acids is 1. The minimum atomic E-state index is -0.952. The third-order valence-corrected chi connectivity index (χ3v) is 3.57. The molecule has 0 radical (unpaired) electrons. The van der Waals surface area contributed by atoms with Crippen molar-refractivity contribution in [1.29, 1.82) is 0 Å². The summed E-state index contributed by atoms with van der Waals surface area (Å²) in [6.07, 6.45) is 1.99. The Bertz CT molecular complexity index is 331. The van der Waals surface area contributed by atoms with Crippen molar-refractivity contribution in [2.75, 3.05) is 19.6 Å². The molecule has 1 aliphatic rings. The summed E-state index contributed by atoms with van der Waals surface area (Å²) in [6.45, 7) is 9.23. The number of hydrogen-bond donors (Lipinski definition) is 1. The highest BCUT2D eigenvalue weighted by Crippen LogP contribution is 2.23. The Morgan fingerprint density at radius 1 is 1.37 bits per heavy atom. The molecule has 0 aliphatic carbocycles. The van der Waals surface area contributed by atoms with E-state index in [2.05, 4.69) is 6.92 Å². The second-order valence-electron chi connectivity index (χ2n) is 6.12. The molecule has 0 bridgehead atoms. The Balaban J connectivity index is 2.72. The standard InChI is InChI=1S/C14H26N2O3/c1-10(2)8-15(9-13(17)18)14(19)16-6-5-11(3)7-12(16)4/h10-12H,5-9H2,1-4H3,(H,17,18). The van der Waals surface area contributed by atoms with Crippen LogP contribution in [0.2, 0.25) is 0 Å². The number of urea groups is 1. The molecule has 5 nitrogen and oxygen atoms in total. The van der Waals surface area contributed by atoms with Gasteiger partial charge in [-0.05, 0) is 31.6 Å². The Morgan fingerprint density at radius 3 is 2.47 bits per heavy atom. The summed E-state index contributed by atoms with van der Waals surface area (Å²) in [5.74, 6) is -0.0496. The molecular formula is C14H26N2O3. The first-order valence-electron chi connectivity index (χ1n) is 7.08. The molecule has 1 aliphatic heterocycles. The first-order chi connectivity index (χ1) is 8.81. The van der Waals surface area contributed by atoms with Gasteiger partial charge in [0.2, 0.25) is 0 Å². The number of carbonyl (C=O) groups is 2. The molecule has 1 N–H and O–H groups in total. The molecule has 1 rings (SSSR count). The Hall–Kier alpha value is -1.26. The van der Waals surface area contributed by atoms with Crippen LogP contribution in [0.4, 0.5) is 4.79 Å². The lowest BCUT2D eigenvalue weighted by Crippen LogP contribution is -2.52. The predicted octanol–water partition coefficient (Wildman–Crippen LogP) is 2.27. The van der Waals surface area contributed by atoms with E-state index in [0.29, 0.717) is 12.5 Å². The molecule has 1 saturated heterocycles. The van der Waals surface area contributed by atoms with E-state index in [0.717, 1.165) is 19.4 Å². The zero-order valence-electron chi connectivity index (χ0n) is 12.4. The van der Waals surface area contributed by atoms with Crippen molar-refractivity contribution in [2.24, 2.45) is 11.8 Å². The molecule has 1 fully saturated rings. The molecular weight excluding hydrogens is 244 g/mol. The minimum Gasteiger partial charge on any atom is -0.480 e. The van der Waals surface area contributed by atoms with E-state index >= 15 is 0 Å². The molecule has 0 aromatic carbocycles. The van der Waals surface area contributed by atoms with Crippen molar-refractivity contribution in [3.05, 3.63) is 0 Å². The Morgan fingerprint density at radius 2 is 2.00 bits per heavy atom. The van der Waals surface area contributed by atoms with Crippen LogP contribution in [-0.4, -0.2) is 52.6 Å². The van der Waals surface area contributed by atoms with Crippen LogP contribution >= 0.6 is 0 Å². The van der Waals surface area contributed by atoms with Gasteiger partial charge in [-0.15, -0.1) is 0 Å². The summed E-state index contributed by atoms with van der Waals surface area (Å²) in [6, 6.07) is 0.0650. The van der Waals surface area contributed by atoms with Gasteiger partial charge < -0.3 is 14.9 Å². The largest absolute Gasteiger partial charge is 0.480 e. The topological polar surface area (TPSA) is 60.9 Å². The number of carboxylic acid groups (broad SMARTS) is 1. The lowest BCUT2D eigenvalue weighted by atomic mass is 9.94. The van der Waals surface area contributed by atoms with Gasteiger partial charge in [-0.3, -0.25) is 4.79 Å². The van der Waals surface area contributed by atoms with Crippen LogP contribution in [-0.2, 0) is 4.79 Å². The number of aliphatic carboxylic acids is 1. The number of likely N-dealkylation sites (tertiary alicyclic amines) is 1. The fraction of sp³-hybridized carbons (Fsp3) is 0.857. The van der Waals surface area contributed by atoms with Crippen molar-refractivity contribution in [3.63, 3.8) is 0 Å². The van der Waals surface area contributed by atoms with Crippen LogP contribution in [0.25, 0.3) is 0 Å². The normalized spacial score (nSPS) is 23.5. The van der Waals surface area contributed by atoms with Crippen LogP contribution in [0.1, 0.15) is 40.5 Å². The van der Waals surface area contributed by atoms with Gasteiger partial charge in [-0.1, -0.05) is 20.8 Å². The van der Waals surface area contributed by atoms with E-state index in [-0.39, 0.29) is 24.5 Å². The van der Waals surface area contributed by atoms with Crippen LogP contribution in [0.15, 0.2) is 0 Å². The number of nitrogens with zero attached hydrogens (tertiary/aromatic N) is 2. The quantitative estimate of drug-likeness (QED) is 0.852. The van der Waals surface area contributed by atoms with Gasteiger partial charge in [-0.25, -0.2) is 4.79 Å². The van der Waals surface area contributed by atoms with E-state index in [4.69, 9.17) is 5.11 Å². The SMILES string of the molecule is CC(C)CN(CC(=O)O)C(=O)N1CCC(C)CC1C. The Kier molecular flexibility index (Phi) is 5.63. The maximum Gasteiger partial charge on any atom is 0.323 e. The summed E-state index contributed by atoms with van der Waals surface area (Å²) in [4.78, 5) is 26.7. The fourth-order valence-corrected chi connectivity index (χ4v) is 2.69. The second kappa shape index (κ2) is 6.78. The highest BCUT2D eigenvalue weighted by molar-refractivity contribution is 5.80. The smallest absolute Gasteiger partial charge is 0.323 e. The average molecular weight is 270 g/mol. The van der Waals surface area contributed by atoms with Crippen LogP contribution in [0.5, 0.6) is 0 Å². The van der Waals surface area contributed by atoms with E-state index in [1.807, 2.05) is 25.7 Å². The molecule has 2 unspecified atom stereocenters. The van der Waals surface area contributed by atoms with Crippen LogP contribution < -0.4 is 0 Å². The first-order valence-corrected chi connectivity index (χ1v) is 7.08. The van der Waals surface area contributed by atoms with Crippen molar-refractivity contribution in [2.45, 2.75) is 46.6 Å². The zero-order chi connectivity index (χ0) is 14.6. The summed E-state index contributed by atoms with van der Waals surface area (Å²) in [5, 5.41) is 8.94. The lowest BCUT2D eigenvalue weighted by molar-refractivity contribution is -0.137. The van der Waals surface area contributed by atoms with Gasteiger partial charge >= 0.3 is 12.0 Å². The van der Waals surface area contributed by atoms with Crippen molar-refractivity contribution in [3.8, 4) is 0 Å². The number of piperidine rings is 1. The molecule has 2 amide bonds. The molecule has 0 saturated carbocycles. The van der Waals surface area contributed by atoms with Crippen molar-refractivity contribution >= 4 is 12.0 Å². The zero-order valence-corrected chi connectivity index (χ0v) is 12.4. The van der Waals surface area contributed by atoms with E-state index < -0.39 is 5.97 Å². The number of rotatable bonds is 4. The molecule has 0 spiro atoms. The highest BCUT2D eigenvalue weighted by atomic mass is 16.4. The second-order valence-corrected chi connectivity index (χ2v) is 6.12. The van der Waals surface area contributed by atoms with Gasteiger partial charge in [0.15, 0.2) is 0 Å². The first kappa shape index (κ1) is 15.8. The maximum atomic E-state index is 12.5. The Labute approximate surface area is 115 Å². The summed E-state index contributed by atoms with van der Waals surface area (Å²) in [5.41, 5.74) is 0. The number of amides is 2. The highest BCUT2D eigenvalue weighted by Gasteiger charge is 2.30. The van der Waals surface area contributed by atoms with E-state index in [1.165, 1.54) is 4.90 Å². The predicted molar refractivity (Wildman–Crippen MR) is 74.0 cm³/mol.